The molecule has 0 bridgehead atoms. The first-order valence-corrected chi connectivity index (χ1v) is 6.53. The maximum absolute atomic E-state index is 12.5. The second kappa shape index (κ2) is 6.61. The van der Waals surface area contributed by atoms with Crippen LogP contribution < -0.4 is 10.6 Å². The highest BCUT2D eigenvalue weighted by atomic mass is 19.4. The zero-order chi connectivity index (χ0) is 16.2. The Balaban J connectivity index is 2.13. The van der Waals surface area contributed by atoms with Gasteiger partial charge in [0, 0.05) is 24.0 Å². The number of aliphatic hydroxyl groups excluding tert-OH is 1. The molecule has 0 aliphatic heterocycles. The third-order valence-corrected chi connectivity index (χ3v) is 2.84. The van der Waals surface area contributed by atoms with E-state index in [0.29, 0.717) is 18.1 Å². The number of hydrogen-bond donors (Lipinski definition) is 3. The minimum absolute atomic E-state index is 0.0366. The lowest BCUT2D eigenvalue weighted by atomic mass is 10.2. The highest BCUT2D eigenvalue weighted by Gasteiger charge is 2.29. The summed E-state index contributed by atoms with van der Waals surface area (Å²) in [6.45, 7) is 2.12. The minimum atomic E-state index is -4.36. The van der Waals surface area contributed by atoms with Crippen LogP contribution in [0.15, 0.2) is 30.5 Å². The van der Waals surface area contributed by atoms with Crippen LogP contribution in [0.2, 0.25) is 0 Å². The van der Waals surface area contributed by atoms with Gasteiger partial charge in [-0.25, -0.2) is 4.98 Å². The molecule has 3 N–H and O–H groups in total. The van der Waals surface area contributed by atoms with Gasteiger partial charge in [0.1, 0.15) is 5.82 Å². The molecule has 22 heavy (non-hydrogen) atoms. The third-order valence-electron chi connectivity index (χ3n) is 2.84. The first kappa shape index (κ1) is 16.0. The average molecular weight is 312 g/mol. The van der Waals surface area contributed by atoms with Gasteiger partial charge in [-0.05, 0) is 31.2 Å². The number of rotatable bonds is 5. The Bertz CT molecular complexity index is 629. The molecule has 0 fully saturated rings. The number of nitrogens with zero attached hydrogens (tertiary/aromatic N) is 2. The molecule has 0 atom stereocenters. The van der Waals surface area contributed by atoms with E-state index in [4.69, 9.17) is 5.11 Å². The van der Waals surface area contributed by atoms with Gasteiger partial charge < -0.3 is 15.7 Å². The summed E-state index contributed by atoms with van der Waals surface area (Å²) in [6, 6.07) is 4.60. The Morgan fingerprint density at radius 1 is 1.18 bits per heavy atom. The molecule has 118 valence electrons. The molecule has 0 saturated carbocycles. The van der Waals surface area contributed by atoms with Gasteiger partial charge in [-0.15, -0.1) is 0 Å². The fourth-order valence-corrected chi connectivity index (χ4v) is 1.73. The fourth-order valence-electron chi connectivity index (χ4n) is 1.73. The van der Waals surface area contributed by atoms with Crippen molar-refractivity contribution in [2.45, 2.75) is 13.1 Å². The van der Waals surface area contributed by atoms with E-state index in [9.17, 15) is 13.2 Å². The van der Waals surface area contributed by atoms with Crippen molar-refractivity contribution >= 4 is 17.5 Å². The van der Waals surface area contributed by atoms with Gasteiger partial charge in [0.15, 0.2) is 0 Å². The minimum Gasteiger partial charge on any atom is -0.395 e. The number of aromatic nitrogens is 2. The SMILES string of the molecule is Cc1cnc(Nc2ccc(C(F)(F)F)cc2)nc1NCCO. The third kappa shape index (κ3) is 4.08. The molecule has 1 heterocycles. The fraction of sp³-hybridized carbons (Fsp3) is 0.286. The van der Waals surface area contributed by atoms with E-state index >= 15 is 0 Å². The zero-order valence-corrected chi connectivity index (χ0v) is 11.8. The van der Waals surface area contributed by atoms with Crippen LogP contribution in [-0.2, 0) is 6.18 Å². The Labute approximate surface area is 125 Å². The maximum atomic E-state index is 12.5. The standard InChI is InChI=1S/C14H15F3N4O/c1-9-8-19-13(21-12(9)18-6-7-22)20-11-4-2-10(3-5-11)14(15,16)17/h2-5,8,22H,6-7H2,1H3,(H2,18,19,20,21). The maximum Gasteiger partial charge on any atom is 0.416 e. The number of halogens is 3. The van der Waals surface area contributed by atoms with Crippen molar-refractivity contribution in [3.05, 3.63) is 41.6 Å². The van der Waals surface area contributed by atoms with Crippen LogP contribution in [0.4, 0.5) is 30.6 Å². The van der Waals surface area contributed by atoms with Crippen molar-refractivity contribution in [3.8, 4) is 0 Å². The van der Waals surface area contributed by atoms with Crippen LogP contribution in [0.3, 0.4) is 0 Å². The molecular weight excluding hydrogens is 297 g/mol. The van der Waals surface area contributed by atoms with E-state index in [2.05, 4.69) is 20.6 Å². The second-order valence-corrected chi connectivity index (χ2v) is 4.58. The normalized spacial score (nSPS) is 11.3. The number of hydrogen-bond acceptors (Lipinski definition) is 5. The Morgan fingerprint density at radius 2 is 1.86 bits per heavy atom. The highest BCUT2D eigenvalue weighted by molar-refractivity contribution is 5.56. The Kier molecular flexibility index (Phi) is 4.81. The highest BCUT2D eigenvalue weighted by Crippen LogP contribution is 2.30. The summed E-state index contributed by atoms with van der Waals surface area (Å²) in [5.74, 6) is 0.810. The molecule has 0 amide bonds. The van der Waals surface area contributed by atoms with E-state index in [-0.39, 0.29) is 12.6 Å². The Hall–Kier alpha value is -2.35. The van der Waals surface area contributed by atoms with E-state index in [1.807, 2.05) is 6.92 Å². The van der Waals surface area contributed by atoms with Crippen LogP contribution in [0.25, 0.3) is 0 Å². The average Bonchev–Trinajstić information content (AvgIpc) is 2.47. The first-order valence-electron chi connectivity index (χ1n) is 6.53. The van der Waals surface area contributed by atoms with E-state index < -0.39 is 11.7 Å². The van der Waals surface area contributed by atoms with Crippen molar-refractivity contribution in [1.29, 1.82) is 0 Å². The summed E-state index contributed by atoms with van der Waals surface area (Å²) in [7, 11) is 0. The van der Waals surface area contributed by atoms with Gasteiger partial charge in [-0.2, -0.15) is 18.2 Å². The number of benzene rings is 1. The molecule has 2 aromatic rings. The molecule has 0 spiro atoms. The molecule has 0 radical (unpaired) electrons. The van der Waals surface area contributed by atoms with Gasteiger partial charge in [0.2, 0.25) is 5.95 Å². The summed E-state index contributed by atoms with van der Waals surface area (Å²) in [4.78, 5) is 8.28. The molecule has 2 rings (SSSR count). The summed E-state index contributed by atoms with van der Waals surface area (Å²) < 4.78 is 37.5. The smallest absolute Gasteiger partial charge is 0.395 e. The lowest BCUT2D eigenvalue weighted by molar-refractivity contribution is -0.137. The van der Waals surface area contributed by atoms with Gasteiger partial charge in [-0.3, -0.25) is 0 Å². The summed E-state index contributed by atoms with van der Waals surface area (Å²) in [5.41, 5.74) is 0.532. The zero-order valence-electron chi connectivity index (χ0n) is 11.8. The lowest BCUT2D eigenvalue weighted by Gasteiger charge is -2.11. The van der Waals surface area contributed by atoms with E-state index in [1.54, 1.807) is 6.20 Å². The number of nitrogens with one attached hydrogen (secondary N) is 2. The second-order valence-electron chi connectivity index (χ2n) is 4.58. The predicted molar refractivity (Wildman–Crippen MR) is 77.1 cm³/mol. The predicted octanol–water partition coefficient (Wildman–Crippen LogP) is 2.95. The monoisotopic (exact) mass is 312 g/mol. The van der Waals surface area contributed by atoms with Crippen LogP contribution in [-0.4, -0.2) is 28.2 Å². The molecule has 8 heteroatoms. The van der Waals surface area contributed by atoms with Crippen LogP contribution in [0, 0.1) is 6.92 Å². The van der Waals surface area contributed by atoms with Crippen molar-refractivity contribution in [3.63, 3.8) is 0 Å². The summed E-state index contributed by atoms with van der Waals surface area (Å²) in [6.07, 6.45) is -2.78. The molecular formula is C14H15F3N4O. The molecule has 0 aliphatic carbocycles. The first-order chi connectivity index (χ1) is 10.4. The van der Waals surface area contributed by atoms with Crippen LogP contribution in [0.5, 0.6) is 0 Å². The molecule has 0 aliphatic rings. The van der Waals surface area contributed by atoms with Crippen molar-refractivity contribution in [2.75, 3.05) is 23.8 Å². The molecule has 5 nitrogen and oxygen atoms in total. The van der Waals surface area contributed by atoms with Gasteiger partial charge in [-0.1, -0.05) is 0 Å². The lowest BCUT2D eigenvalue weighted by Crippen LogP contribution is -2.10. The molecule has 0 saturated heterocycles. The van der Waals surface area contributed by atoms with Crippen LogP contribution in [0.1, 0.15) is 11.1 Å². The topological polar surface area (TPSA) is 70.1 Å². The van der Waals surface area contributed by atoms with Crippen molar-refractivity contribution in [1.82, 2.24) is 9.97 Å². The van der Waals surface area contributed by atoms with E-state index in [1.165, 1.54) is 12.1 Å². The summed E-state index contributed by atoms with van der Waals surface area (Å²) in [5, 5.41) is 14.6. The largest absolute Gasteiger partial charge is 0.416 e. The number of anilines is 3. The van der Waals surface area contributed by atoms with Gasteiger partial charge in [0.25, 0.3) is 0 Å². The molecule has 1 aromatic heterocycles. The molecule has 1 aromatic carbocycles. The van der Waals surface area contributed by atoms with Crippen molar-refractivity contribution in [2.24, 2.45) is 0 Å². The quantitative estimate of drug-likeness (QED) is 0.792. The van der Waals surface area contributed by atoms with Crippen molar-refractivity contribution < 1.29 is 18.3 Å². The Morgan fingerprint density at radius 3 is 2.45 bits per heavy atom. The summed E-state index contributed by atoms with van der Waals surface area (Å²) >= 11 is 0. The van der Waals surface area contributed by atoms with E-state index in [0.717, 1.165) is 17.7 Å². The van der Waals surface area contributed by atoms with Gasteiger partial charge >= 0.3 is 6.18 Å². The number of aliphatic hydroxyl groups is 1. The molecule has 0 unspecified atom stereocenters. The number of aryl methyl sites for hydroxylation is 1. The van der Waals surface area contributed by atoms with Crippen LogP contribution >= 0.6 is 0 Å². The van der Waals surface area contributed by atoms with Gasteiger partial charge in [0.05, 0.1) is 12.2 Å². The number of alkyl halides is 3.